The Morgan fingerprint density at radius 3 is 2.27 bits per heavy atom. The van der Waals surface area contributed by atoms with Crippen molar-refractivity contribution in [3.05, 3.63) is 28.3 Å². The number of hydrogen-bond acceptors (Lipinski definition) is 3. The lowest BCUT2D eigenvalue weighted by atomic mass is 9.99. The van der Waals surface area contributed by atoms with Gasteiger partial charge in [0.1, 0.15) is 5.75 Å². The first kappa shape index (κ1) is 12.0. The van der Waals surface area contributed by atoms with E-state index in [1.54, 1.807) is 14.2 Å². The number of methoxy groups -OCH3 is 2. The van der Waals surface area contributed by atoms with Crippen molar-refractivity contribution in [1.29, 1.82) is 0 Å². The smallest absolute Gasteiger partial charge is 0.124 e. The monoisotopic (exact) mass is 210 g/mol. The van der Waals surface area contributed by atoms with Crippen LogP contribution in [-0.4, -0.2) is 19.3 Å². The number of benzene rings is 1. The van der Waals surface area contributed by atoms with Crippen LogP contribution in [0.25, 0.3) is 0 Å². The summed E-state index contributed by atoms with van der Waals surface area (Å²) in [7, 11) is 3.26. The lowest BCUT2D eigenvalue weighted by Crippen LogP contribution is -2.01. The van der Waals surface area contributed by atoms with E-state index in [9.17, 15) is 5.11 Å². The maximum Gasteiger partial charge on any atom is 0.124 e. The van der Waals surface area contributed by atoms with Crippen LogP contribution in [0.3, 0.4) is 0 Å². The number of ether oxygens (including phenoxy) is 2. The molecule has 0 atom stereocenters. The van der Waals surface area contributed by atoms with Crippen molar-refractivity contribution >= 4 is 0 Å². The molecule has 0 spiro atoms. The highest BCUT2D eigenvalue weighted by atomic mass is 16.5. The van der Waals surface area contributed by atoms with E-state index in [4.69, 9.17) is 9.47 Å². The number of aryl methyl sites for hydroxylation is 1. The molecule has 15 heavy (non-hydrogen) atoms. The van der Waals surface area contributed by atoms with Crippen LogP contribution in [0, 0.1) is 13.8 Å². The number of phenols is 1. The predicted molar refractivity (Wildman–Crippen MR) is 59.0 cm³/mol. The summed E-state index contributed by atoms with van der Waals surface area (Å²) in [4.78, 5) is 0. The fraction of sp³-hybridized carbons (Fsp3) is 0.500. The molecule has 0 unspecified atom stereocenters. The third-order valence-corrected chi connectivity index (χ3v) is 2.60. The van der Waals surface area contributed by atoms with Crippen molar-refractivity contribution < 1.29 is 14.6 Å². The number of rotatable bonds is 4. The highest BCUT2D eigenvalue weighted by Crippen LogP contribution is 2.29. The normalized spacial score (nSPS) is 10.7. The second-order valence-electron chi connectivity index (χ2n) is 3.67. The summed E-state index contributed by atoms with van der Waals surface area (Å²) in [6.45, 7) is 4.78. The van der Waals surface area contributed by atoms with Crippen LogP contribution in [0.1, 0.15) is 22.3 Å². The number of aromatic hydroxyl groups is 1. The van der Waals surface area contributed by atoms with Crippen LogP contribution in [0.15, 0.2) is 6.07 Å². The summed E-state index contributed by atoms with van der Waals surface area (Å²) in [5.41, 5.74) is 3.78. The van der Waals surface area contributed by atoms with E-state index in [1.807, 2.05) is 19.9 Å². The zero-order valence-electron chi connectivity index (χ0n) is 9.76. The lowest BCUT2D eigenvalue weighted by Gasteiger charge is -2.14. The molecule has 1 aromatic carbocycles. The highest BCUT2D eigenvalue weighted by molar-refractivity contribution is 5.48. The second kappa shape index (κ2) is 5.14. The van der Waals surface area contributed by atoms with E-state index >= 15 is 0 Å². The molecule has 0 aromatic heterocycles. The molecule has 0 saturated carbocycles. The molecule has 84 valence electrons. The molecule has 0 fully saturated rings. The van der Waals surface area contributed by atoms with Crippen molar-refractivity contribution in [2.24, 2.45) is 0 Å². The van der Waals surface area contributed by atoms with Gasteiger partial charge in [-0.3, -0.25) is 0 Å². The van der Waals surface area contributed by atoms with Gasteiger partial charge >= 0.3 is 0 Å². The van der Waals surface area contributed by atoms with E-state index in [0.29, 0.717) is 19.0 Å². The zero-order valence-corrected chi connectivity index (χ0v) is 9.76. The summed E-state index contributed by atoms with van der Waals surface area (Å²) in [5.74, 6) is 0.323. The Morgan fingerprint density at radius 2 is 1.73 bits per heavy atom. The number of phenolic OH excluding ortho intramolecular Hbond substituents is 1. The minimum Gasteiger partial charge on any atom is -0.507 e. The SMILES string of the molecule is COCc1cc(C)c(C)c(O)c1COC. The highest BCUT2D eigenvalue weighted by Gasteiger charge is 2.12. The van der Waals surface area contributed by atoms with Crippen molar-refractivity contribution in [3.8, 4) is 5.75 Å². The summed E-state index contributed by atoms with van der Waals surface area (Å²) >= 11 is 0. The van der Waals surface area contributed by atoms with Crippen molar-refractivity contribution in [3.63, 3.8) is 0 Å². The molecule has 0 heterocycles. The van der Waals surface area contributed by atoms with Crippen LogP contribution < -0.4 is 0 Å². The van der Waals surface area contributed by atoms with Crippen LogP contribution in [0.4, 0.5) is 0 Å². The van der Waals surface area contributed by atoms with Gasteiger partial charge in [0.2, 0.25) is 0 Å². The molecule has 0 bridgehead atoms. The predicted octanol–water partition coefficient (Wildman–Crippen LogP) is 2.30. The third kappa shape index (κ3) is 2.49. The average Bonchev–Trinajstić information content (AvgIpc) is 2.21. The maximum absolute atomic E-state index is 9.98. The molecule has 3 nitrogen and oxygen atoms in total. The van der Waals surface area contributed by atoms with Gasteiger partial charge < -0.3 is 14.6 Å². The van der Waals surface area contributed by atoms with Gasteiger partial charge in [0.05, 0.1) is 13.2 Å². The Morgan fingerprint density at radius 1 is 1.13 bits per heavy atom. The van der Waals surface area contributed by atoms with Gasteiger partial charge in [-0.05, 0) is 30.5 Å². The summed E-state index contributed by atoms with van der Waals surface area (Å²) in [6, 6.07) is 2.03. The molecule has 3 heteroatoms. The van der Waals surface area contributed by atoms with Gasteiger partial charge in [-0.15, -0.1) is 0 Å². The van der Waals surface area contributed by atoms with Crippen LogP contribution in [0.5, 0.6) is 5.75 Å². The van der Waals surface area contributed by atoms with Gasteiger partial charge in [0.25, 0.3) is 0 Å². The fourth-order valence-electron chi connectivity index (χ4n) is 1.61. The minimum absolute atomic E-state index is 0.323. The Balaban J connectivity index is 3.23. The lowest BCUT2D eigenvalue weighted by molar-refractivity contribution is 0.166. The molecule has 0 amide bonds. The molecule has 1 rings (SSSR count). The zero-order chi connectivity index (χ0) is 11.4. The standard InChI is InChI=1S/C12H18O3/c1-8-5-10(6-14-3)11(7-15-4)12(13)9(8)2/h5,13H,6-7H2,1-4H3. The summed E-state index contributed by atoms with van der Waals surface area (Å²) in [6.07, 6.45) is 0. The van der Waals surface area contributed by atoms with Gasteiger partial charge in [-0.25, -0.2) is 0 Å². The van der Waals surface area contributed by atoms with Crippen LogP contribution in [0.2, 0.25) is 0 Å². The van der Waals surface area contributed by atoms with E-state index in [2.05, 4.69) is 0 Å². The first-order chi connectivity index (χ1) is 7.11. The Kier molecular flexibility index (Phi) is 4.12. The second-order valence-corrected chi connectivity index (χ2v) is 3.67. The summed E-state index contributed by atoms with van der Waals surface area (Å²) < 4.78 is 10.2. The van der Waals surface area contributed by atoms with Gasteiger partial charge in [-0.2, -0.15) is 0 Å². The van der Waals surface area contributed by atoms with E-state index in [0.717, 1.165) is 22.3 Å². The topological polar surface area (TPSA) is 38.7 Å². The van der Waals surface area contributed by atoms with Crippen molar-refractivity contribution in [2.75, 3.05) is 14.2 Å². The molecule has 0 aliphatic heterocycles. The van der Waals surface area contributed by atoms with Crippen molar-refractivity contribution in [2.45, 2.75) is 27.1 Å². The largest absolute Gasteiger partial charge is 0.507 e. The quantitative estimate of drug-likeness (QED) is 0.828. The maximum atomic E-state index is 9.98. The average molecular weight is 210 g/mol. The molecule has 0 aliphatic rings. The van der Waals surface area contributed by atoms with Crippen LogP contribution in [-0.2, 0) is 22.7 Å². The molecular weight excluding hydrogens is 192 g/mol. The van der Waals surface area contributed by atoms with Crippen molar-refractivity contribution in [1.82, 2.24) is 0 Å². The molecule has 0 radical (unpaired) electrons. The fourth-order valence-corrected chi connectivity index (χ4v) is 1.61. The van der Waals surface area contributed by atoms with Gasteiger partial charge in [0.15, 0.2) is 0 Å². The first-order valence-corrected chi connectivity index (χ1v) is 4.90. The summed E-state index contributed by atoms with van der Waals surface area (Å²) in [5, 5.41) is 9.98. The Bertz CT molecular complexity index is 345. The van der Waals surface area contributed by atoms with E-state index in [-0.39, 0.29) is 0 Å². The number of hydrogen-bond donors (Lipinski definition) is 1. The molecular formula is C12H18O3. The van der Waals surface area contributed by atoms with Crippen LogP contribution >= 0.6 is 0 Å². The Labute approximate surface area is 90.6 Å². The molecule has 0 aliphatic carbocycles. The minimum atomic E-state index is 0.323. The third-order valence-electron chi connectivity index (χ3n) is 2.60. The van der Waals surface area contributed by atoms with Gasteiger partial charge in [0, 0.05) is 19.8 Å². The van der Waals surface area contributed by atoms with E-state index < -0.39 is 0 Å². The molecule has 1 aromatic rings. The Hall–Kier alpha value is -1.06. The van der Waals surface area contributed by atoms with Gasteiger partial charge in [-0.1, -0.05) is 6.07 Å². The molecule has 0 saturated heterocycles. The van der Waals surface area contributed by atoms with E-state index in [1.165, 1.54) is 0 Å². The molecule has 1 N–H and O–H groups in total. The first-order valence-electron chi connectivity index (χ1n) is 4.90.